The van der Waals surface area contributed by atoms with Crippen molar-refractivity contribution < 1.29 is 23.1 Å². The largest absolute Gasteiger partial charge is 0.490 e. The number of amides is 1. The summed E-state index contributed by atoms with van der Waals surface area (Å²) in [6, 6.07) is 5.60. The first-order valence-electron chi connectivity index (χ1n) is 12.9. The molecule has 1 amide bonds. The Morgan fingerprint density at radius 2 is 2.10 bits per heavy atom. The number of nitrogens with one attached hydrogen (secondary N) is 3. The van der Waals surface area contributed by atoms with E-state index in [0.29, 0.717) is 29.9 Å². The fourth-order valence-electron chi connectivity index (χ4n) is 3.82. The number of ether oxygens (including phenoxy) is 1. The Balaban J connectivity index is 1.85. The molecule has 212 valence electrons. The van der Waals surface area contributed by atoms with E-state index >= 15 is 0 Å². The summed E-state index contributed by atoms with van der Waals surface area (Å²) in [5.74, 6) is 4.02. The summed E-state index contributed by atoms with van der Waals surface area (Å²) in [4.78, 5) is 21.9. The van der Waals surface area contributed by atoms with Gasteiger partial charge >= 0.3 is 0 Å². The van der Waals surface area contributed by atoms with Gasteiger partial charge in [-0.3, -0.25) is 14.1 Å². The van der Waals surface area contributed by atoms with Gasteiger partial charge in [-0.05, 0) is 56.4 Å². The van der Waals surface area contributed by atoms with Gasteiger partial charge in [0.2, 0.25) is 10.0 Å². The van der Waals surface area contributed by atoms with Crippen molar-refractivity contribution in [1.82, 2.24) is 20.6 Å². The molecule has 2 aromatic heterocycles. The number of rotatable bonds is 15. The molecule has 2 heterocycles. The van der Waals surface area contributed by atoms with Gasteiger partial charge in [-0.25, -0.2) is 13.4 Å². The fourth-order valence-corrected chi connectivity index (χ4v) is 4.81. The average molecular weight is 559 g/mol. The van der Waals surface area contributed by atoms with Gasteiger partial charge in [-0.2, -0.15) is 0 Å². The summed E-state index contributed by atoms with van der Waals surface area (Å²) in [5.41, 5.74) is 0.187. The lowest BCUT2D eigenvalue weighted by molar-refractivity contribution is 0.0737. The minimum Gasteiger partial charge on any atom is -0.490 e. The highest BCUT2D eigenvalue weighted by Crippen LogP contribution is 2.37. The van der Waals surface area contributed by atoms with Crippen molar-refractivity contribution in [3.05, 3.63) is 42.2 Å². The number of carbonyl (C=O) groups is 1. The van der Waals surface area contributed by atoms with E-state index in [1.54, 1.807) is 38.2 Å². The summed E-state index contributed by atoms with van der Waals surface area (Å²) >= 11 is 0. The number of anilines is 2. The maximum absolute atomic E-state index is 13.4. The Bertz CT molecular complexity index is 1250. The number of terminal acetylenes is 1. The lowest BCUT2D eigenvalue weighted by Crippen LogP contribution is -2.50. The highest BCUT2D eigenvalue weighted by Gasteiger charge is 2.32. The quantitative estimate of drug-likeness (QED) is 0.189. The highest BCUT2D eigenvalue weighted by atomic mass is 32.2. The van der Waals surface area contributed by atoms with Crippen molar-refractivity contribution in [3.63, 3.8) is 0 Å². The van der Waals surface area contributed by atoms with Crippen LogP contribution >= 0.6 is 0 Å². The average Bonchev–Trinajstić information content (AvgIpc) is 3.64. The van der Waals surface area contributed by atoms with Gasteiger partial charge in [0.05, 0.1) is 30.1 Å². The van der Waals surface area contributed by atoms with Crippen LogP contribution in [0, 0.1) is 24.2 Å². The van der Waals surface area contributed by atoms with E-state index in [4.69, 9.17) is 11.2 Å². The van der Waals surface area contributed by atoms with Crippen molar-refractivity contribution in [1.29, 1.82) is 0 Å². The second kappa shape index (κ2) is 13.6. The topological polar surface area (TPSA) is 146 Å². The standard InChI is InChI=1S/C27H38N6O5S/c1-6-9-28-16-24(34)23(17-38-22-8-7-10-29-15-22)31-27(35)20-12-25(30-14-21-11-19(21)4)32-26(13-20)33(5)39(36,37)18(2)3/h1,7-8,10,12-13,15,18-19,21,23-24,28,34H,9,11,14,16-17H2,2-5H3,(H,30,32)(H,31,35)/t19-,21+,23-,24+/m0/s1. The Morgan fingerprint density at radius 1 is 1.36 bits per heavy atom. The van der Waals surface area contributed by atoms with Gasteiger partial charge in [-0.15, -0.1) is 6.42 Å². The third-order valence-electron chi connectivity index (χ3n) is 6.62. The molecule has 11 nitrogen and oxygen atoms in total. The van der Waals surface area contributed by atoms with Crippen LogP contribution in [0.5, 0.6) is 5.75 Å². The molecule has 4 atom stereocenters. The number of aliphatic hydroxyl groups excluding tert-OH is 1. The Labute approximate surface area is 230 Å². The lowest BCUT2D eigenvalue weighted by Gasteiger charge is -2.25. The van der Waals surface area contributed by atoms with Crippen LogP contribution in [-0.4, -0.2) is 80.1 Å². The summed E-state index contributed by atoms with van der Waals surface area (Å²) < 4.78 is 32.5. The van der Waals surface area contributed by atoms with Crippen LogP contribution in [0.2, 0.25) is 0 Å². The summed E-state index contributed by atoms with van der Waals surface area (Å²) in [6.45, 7) is 6.32. The number of aliphatic hydroxyl groups is 1. The molecule has 0 spiro atoms. The third-order valence-corrected chi connectivity index (χ3v) is 8.76. The molecule has 39 heavy (non-hydrogen) atoms. The number of pyridine rings is 2. The van der Waals surface area contributed by atoms with E-state index < -0.39 is 33.3 Å². The van der Waals surface area contributed by atoms with E-state index in [9.17, 15) is 18.3 Å². The van der Waals surface area contributed by atoms with Gasteiger partial charge in [0.25, 0.3) is 5.91 Å². The zero-order valence-corrected chi connectivity index (χ0v) is 23.6. The lowest BCUT2D eigenvalue weighted by atomic mass is 10.1. The smallest absolute Gasteiger partial charge is 0.251 e. The Morgan fingerprint density at radius 3 is 2.72 bits per heavy atom. The number of hydrogen-bond donors (Lipinski definition) is 4. The van der Waals surface area contributed by atoms with Crippen LogP contribution in [-0.2, 0) is 10.0 Å². The second-order valence-corrected chi connectivity index (χ2v) is 12.5. The molecule has 0 unspecified atom stereocenters. The minimum atomic E-state index is -3.68. The van der Waals surface area contributed by atoms with Crippen LogP contribution in [0.25, 0.3) is 0 Å². The molecule has 0 radical (unpaired) electrons. The molecule has 1 fully saturated rings. The second-order valence-electron chi connectivity index (χ2n) is 10.00. The molecule has 4 N–H and O–H groups in total. The molecule has 1 saturated carbocycles. The Hall–Kier alpha value is -3.40. The molecule has 3 rings (SSSR count). The SMILES string of the molecule is C#CCNC[C@@H](O)[C@H](COc1cccnc1)NC(=O)c1cc(NC[C@H]2C[C@@H]2C)nc(N(C)S(=O)(=O)C(C)C)c1. The van der Waals surface area contributed by atoms with Crippen LogP contribution in [0.4, 0.5) is 11.6 Å². The number of hydrogen-bond acceptors (Lipinski definition) is 9. The molecular weight excluding hydrogens is 520 g/mol. The number of nitrogens with zero attached hydrogens (tertiary/aromatic N) is 3. The molecule has 2 aromatic rings. The van der Waals surface area contributed by atoms with Crippen molar-refractivity contribution in [2.75, 3.05) is 42.9 Å². The predicted molar refractivity (Wildman–Crippen MR) is 151 cm³/mol. The number of aromatic nitrogens is 2. The van der Waals surface area contributed by atoms with E-state index in [-0.39, 0.29) is 31.1 Å². The minimum absolute atomic E-state index is 0.0411. The molecular formula is C27H38N6O5S. The van der Waals surface area contributed by atoms with Gasteiger partial charge < -0.3 is 25.8 Å². The van der Waals surface area contributed by atoms with Crippen molar-refractivity contribution in [2.45, 2.75) is 44.6 Å². The number of carbonyl (C=O) groups excluding carboxylic acids is 1. The maximum atomic E-state index is 13.4. The molecule has 1 aliphatic carbocycles. The molecule has 0 aromatic carbocycles. The first kappa shape index (κ1) is 30.1. The zero-order chi connectivity index (χ0) is 28.6. The maximum Gasteiger partial charge on any atom is 0.251 e. The van der Waals surface area contributed by atoms with Gasteiger partial charge in [0.1, 0.15) is 24.0 Å². The van der Waals surface area contributed by atoms with Crippen molar-refractivity contribution in [3.8, 4) is 18.1 Å². The monoisotopic (exact) mass is 558 g/mol. The first-order chi connectivity index (χ1) is 18.5. The Kier molecular flexibility index (Phi) is 10.5. The summed E-state index contributed by atoms with van der Waals surface area (Å²) in [7, 11) is -2.27. The van der Waals surface area contributed by atoms with E-state index in [0.717, 1.165) is 10.7 Å². The third kappa shape index (κ3) is 8.54. The van der Waals surface area contributed by atoms with E-state index in [1.807, 2.05) is 0 Å². The van der Waals surface area contributed by atoms with Crippen molar-refractivity contribution in [2.24, 2.45) is 11.8 Å². The molecule has 0 aliphatic heterocycles. The summed E-state index contributed by atoms with van der Waals surface area (Å²) in [5, 5.41) is 19.1. The van der Waals surface area contributed by atoms with Crippen LogP contribution in [0.1, 0.15) is 37.6 Å². The van der Waals surface area contributed by atoms with Gasteiger partial charge in [-0.1, -0.05) is 12.8 Å². The normalized spacial score (nSPS) is 18.1. The van der Waals surface area contributed by atoms with Crippen LogP contribution in [0.3, 0.4) is 0 Å². The zero-order valence-electron chi connectivity index (χ0n) is 22.8. The highest BCUT2D eigenvalue weighted by molar-refractivity contribution is 7.93. The predicted octanol–water partition coefficient (Wildman–Crippen LogP) is 1.48. The summed E-state index contributed by atoms with van der Waals surface area (Å²) in [6.07, 6.45) is 8.50. The molecule has 0 bridgehead atoms. The van der Waals surface area contributed by atoms with Crippen LogP contribution < -0.4 is 25.0 Å². The van der Waals surface area contributed by atoms with Gasteiger partial charge in [0, 0.05) is 31.9 Å². The van der Waals surface area contributed by atoms with Crippen LogP contribution in [0.15, 0.2) is 36.7 Å². The first-order valence-corrected chi connectivity index (χ1v) is 14.4. The molecule has 12 heteroatoms. The number of sulfonamides is 1. The van der Waals surface area contributed by atoms with Gasteiger partial charge in [0.15, 0.2) is 0 Å². The van der Waals surface area contributed by atoms with E-state index in [1.165, 1.54) is 19.3 Å². The van der Waals surface area contributed by atoms with Crippen molar-refractivity contribution >= 4 is 27.6 Å². The fraction of sp³-hybridized carbons (Fsp3) is 0.519. The van der Waals surface area contributed by atoms with E-state index in [2.05, 4.69) is 38.8 Å². The molecule has 1 aliphatic rings. The molecule has 0 saturated heterocycles.